The summed E-state index contributed by atoms with van der Waals surface area (Å²) in [6.45, 7) is 6.10. The zero-order chi connectivity index (χ0) is 31.5. The predicted molar refractivity (Wildman–Crippen MR) is 188 cm³/mol. The summed E-state index contributed by atoms with van der Waals surface area (Å²) >= 11 is 0. The van der Waals surface area contributed by atoms with Crippen molar-refractivity contribution in [2.75, 3.05) is 18.6 Å². The lowest BCUT2D eigenvalue weighted by atomic mass is 9.94. The molecule has 0 saturated heterocycles. The van der Waals surface area contributed by atoms with Crippen molar-refractivity contribution in [3.63, 3.8) is 0 Å². The highest BCUT2D eigenvalue weighted by atomic mass is 15.3. The average Bonchev–Trinajstić information content (AvgIpc) is 3.75. The molecule has 6 nitrogen and oxygen atoms in total. The maximum atomic E-state index is 5.14. The van der Waals surface area contributed by atoms with Gasteiger partial charge in [0.05, 0.1) is 36.6 Å². The van der Waals surface area contributed by atoms with Crippen LogP contribution in [0.25, 0.3) is 28.1 Å². The third-order valence-electron chi connectivity index (χ3n) is 8.35. The molecule has 46 heavy (non-hydrogen) atoms. The molecule has 228 valence electrons. The molecule has 0 amide bonds. The van der Waals surface area contributed by atoms with Crippen LogP contribution in [0.2, 0.25) is 0 Å². The SMILES string of the molecule is CC(C)c1cccc(-c2ccccc2)c1-n1cnc(-c2cccc(N(c3ccccc3)c3cccc(CN4C=CN(C)C4)n3)c2)c1. The molecule has 0 bridgehead atoms. The maximum absolute atomic E-state index is 5.14. The van der Waals surface area contributed by atoms with E-state index < -0.39 is 0 Å². The van der Waals surface area contributed by atoms with Crippen molar-refractivity contribution in [3.05, 3.63) is 158 Å². The van der Waals surface area contributed by atoms with Gasteiger partial charge < -0.3 is 14.4 Å². The number of pyridine rings is 1. The summed E-state index contributed by atoms with van der Waals surface area (Å²) in [6, 6.07) is 42.5. The van der Waals surface area contributed by atoms with Crippen molar-refractivity contribution < 1.29 is 0 Å². The number of rotatable bonds is 9. The monoisotopic (exact) mass is 602 g/mol. The fourth-order valence-electron chi connectivity index (χ4n) is 6.13. The standard InChI is InChI=1S/C40H38N6/c1-30(2)36-20-12-21-37(31-13-6-4-7-14-31)40(36)45-27-38(41-28-45)32-15-10-19-35(25-32)46(34-17-8-5-9-18-34)39-22-11-16-33(42-39)26-44-24-23-43(3)29-44/h4-25,27-28,30H,26,29H2,1-3H3. The van der Waals surface area contributed by atoms with Gasteiger partial charge in [-0.1, -0.05) is 98.8 Å². The van der Waals surface area contributed by atoms with E-state index >= 15 is 0 Å². The van der Waals surface area contributed by atoms with Gasteiger partial charge in [-0.3, -0.25) is 4.90 Å². The molecule has 3 heterocycles. The first-order chi connectivity index (χ1) is 22.5. The highest BCUT2D eigenvalue weighted by molar-refractivity contribution is 5.79. The Morgan fingerprint density at radius 2 is 1.46 bits per heavy atom. The summed E-state index contributed by atoms with van der Waals surface area (Å²) in [4.78, 5) is 16.7. The van der Waals surface area contributed by atoms with Gasteiger partial charge in [0.2, 0.25) is 0 Å². The van der Waals surface area contributed by atoms with Crippen LogP contribution < -0.4 is 4.90 Å². The second-order valence-electron chi connectivity index (χ2n) is 12.1. The fourth-order valence-corrected chi connectivity index (χ4v) is 6.13. The molecule has 0 spiro atoms. The second kappa shape index (κ2) is 12.8. The first-order valence-electron chi connectivity index (χ1n) is 15.8. The highest BCUT2D eigenvalue weighted by Gasteiger charge is 2.19. The number of aromatic nitrogens is 3. The van der Waals surface area contributed by atoms with Crippen molar-refractivity contribution in [1.82, 2.24) is 24.3 Å². The lowest BCUT2D eigenvalue weighted by Crippen LogP contribution is -2.22. The Bertz CT molecular complexity index is 1960. The van der Waals surface area contributed by atoms with Crippen LogP contribution in [0, 0.1) is 0 Å². The largest absolute Gasteiger partial charge is 0.362 e. The number of hydrogen-bond acceptors (Lipinski definition) is 5. The molecule has 0 fully saturated rings. The van der Waals surface area contributed by atoms with E-state index in [1.165, 1.54) is 22.4 Å². The van der Waals surface area contributed by atoms with E-state index in [1.54, 1.807) is 0 Å². The number of imidazole rings is 1. The van der Waals surface area contributed by atoms with Gasteiger partial charge in [0.25, 0.3) is 0 Å². The van der Waals surface area contributed by atoms with Crippen LogP contribution in [0.4, 0.5) is 17.2 Å². The van der Waals surface area contributed by atoms with Crippen LogP contribution in [-0.2, 0) is 6.54 Å². The van der Waals surface area contributed by atoms with Crippen LogP contribution in [0.1, 0.15) is 31.0 Å². The molecular weight excluding hydrogens is 564 g/mol. The first kappa shape index (κ1) is 29.1. The summed E-state index contributed by atoms with van der Waals surface area (Å²) in [5, 5.41) is 0. The van der Waals surface area contributed by atoms with Gasteiger partial charge in [0, 0.05) is 48.1 Å². The van der Waals surface area contributed by atoms with Crippen LogP contribution in [0.5, 0.6) is 0 Å². The zero-order valence-corrected chi connectivity index (χ0v) is 26.5. The number of nitrogens with zero attached hydrogens (tertiary/aromatic N) is 6. The predicted octanol–water partition coefficient (Wildman–Crippen LogP) is 9.37. The number of benzene rings is 4. The third-order valence-corrected chi connectivity index (χ3v) is 8.35. The van der Waals surface area contributed by atoms with Gasteiger partial charge in [0.15, 0.2) is 0 Å². The van der Waals surface area contributed by atoms with Gasteiger partial charge in [-0.05, 0) is 53.4 Å². The molecule has 0 unspecified atom stereocenters. The third kappa shape index (κ3) is 6.02. The number of hydrogen-bond donors (Lipinski definition) is 0. The van der Waals surface area contributed by atoms with Crippen molar-refractivity contribution in [2.24, 2.45) is 0 Å². The summed E-state index contributed by atoms with van der Waals surface area (Å²) in [6.07, 6.45) is 8.31. The van der Waals surface area contributed by atoms with Gasteiger partial charge in [-0.25, -0.2) is 9.97 Å². The minimum absolute atomic E-state index is 0.359. The van der Waals surface area contributed by atoms with Crippen LogP contribution in [0.3, 0.4) is 0 Å². The van der Waals surface area contributed by atoms with Gasteiger partial charge in [-0.15, -0.1) is 0 Å². The van der Waals surface area contributed by atoms with Crippen molar-refractivity contribution in [3.8, 4) is 28.1 Å². The summed E-state index contributed by atoms with van der Waals surface area (Å²) < 4.78 is 2.18. The Hall–Kier alpha value is -5.62. The Kier molecular flexibility index (Phi) is 8.09. The minimum Gasteiger partial charge on any atom is -0.362 e. The summed E-state index contributed by atoms with van der Waals surface area (Å²) in [7, 11) is 2.08. The number of para-hydroxylation sites is 2. The molecule has 1 aliphatic heterocycles. The van der Waals surface area contributed by atoms with Gasteiger partial charge in [-0.2, -0.15) is 0 Å². The van der Waals surface area contributed by atoms with E-state index in [9.17, 15) is 0 Å². The molecule has 0 atom stereocenters. The van der Waals surface area contributed by atoms with E-state index in [0.29, 0.717) is 5.92 Å². The Labute approximate surface area is 271 Å². The van der Waals surface area contributed by atoms with Crippen molar-refractivity contribution >= 4 is 17.2 Å². The van der Waals surface area contributed by atoms with E-state index in [-0.39, 0.29) is 0 Å². The maximum Gasteiger partial charge on any atom is 0.137 e. The molecule has 4 aromatic carbocycles. The molecule has 0 aliphatic carbocycles. The normalized spacial score (nSPS) is 12.7. The Balaban J connectivity index is 1.26. The summed E-state index contributed by atoms with van der Waals surface area (Å²) in [5.74, 6) is 1.24. The smallest absolute Gasteiger partial charge is 0.137 e. The van der Waals surface area contributed by atoms with Gasteiger partial charge in [0.1, 0.15) is 5.82 Å². The van der Waals surface area contributed by atoms with Crippen molar-refractivity contribution in [2.45, 2.75) is 26.3 Å². The molecule has 6 aromatic rings. The molecule has 0 saturated carbocycles. The molecule has 7 rings (SSSR count). The van der Waals surface area contributed by atoms with Crippen LogP contribution in [-0.4, -0.2) is 38.1 Å². The van der Waals surface area contributed by atoms with Gasteiger partial charge >= 0.3 is 0 Å². The van der Waals surface area contributed by atoms with Crippen LogP contribution in [0.15, 0.2) is 146 Å². The second-order valence-corrected chi connectivity index (χ2v) is 12.1. The molecule has 0 N–H and O–H groups in total. The van der Waals surface area contributed by atoms with E-state index in [2.05, 4.69) is 174 Å². The zero-order valence-electron chi connectivity index (χ0n) is 26.5. The Morgan fingerprint density at radius 3 is 2.22 bits per heavy atom. The quantitative estimate of drug-likeness (QED) is 0.165. The fraction of sp³-hybridized carbons (Fsp3) is 0.150. The first-order valence-corrected chi connectivity index (χ1v) is 15.8. The Morgan fingerprint density at radius 1 is 0.739 bits per heavy atom. The molecule has 0 radical (unpaired) electrons. The lowest BCUT2D eigenvalue weighted by Gasteiger charge is -2.25. The molecule has 2 aromatic heterocycles. The molecule has 1 aliphatic rings. The van der Waals surface area contributed by atoms with E-state index in [1.807, 2.05) is 12.4 Å². The van der Waals surface area contributed by atoms with E-state index in [4.69, 9.17) is 9.97 Å². The van der Waals surface area contributed by atoms with Crippen molar-refractivity contribution in [1.29, 1.82) is 0 Å². The molecule has 6 heteroatoms. The average molecular weight is 603 g/mol. The topological polar surface area (TPSA) is 40.4 Å². The van der Waals surface area contributed by atoms with Crippen LogP contribution >= 0.6 is 0 Å². The van der Waals surface area contributed by atoms with E-state index in [0.717, 1.165) is 47.4 Å². The number of anilines is 3. The highest BCUT2D eigenvalue weighted by Crippen LogP contribution is 2.37. The molecular formula is C40H38N6. The lowest BCUT2D eigenvalue weighted by molar-refractivity contribution is 0.288. The summed E-state index contributed by atoms with van der Waals surface area (Å²) in [5.41, 5.74) is 9.90. The minimum atomic E-state index is 0.359.